The molecule has 0 amide bonds. The van der Waals surface area contributed by atoms with E-state index in [2.05, 4.69) is 6.58 Å². The summed E-state index contributed by atoms with van der Waals surface area (Å²) >= 11 is 18.3. The molecule has 0 aromatic heterocycles. The molecule has 0 fully saturated rings. The molecule has 0 atom stereocenters. The second kappa shape index (κ2) is 9.72. The highest BCUT2D eigenvalue weighted by molar-refractivity contribution is 6.35. The zero-order valence-electron chi connectivity index (χ0n) is 14.1. The number of esters is 1. The molecule has 2 aromatic rings. The van der Waals surface area contributed by atoms with Crippen LogP contribution in [0.3, 0.4) is 0 Å². The standard InChI is InChI=1S/C19H17Cl3O4/c1-3-7-25-19(23)13-8-16(22)18(17(9-13)24-4-2)26-11-12-5-6-14(20)10-15(12)21/h3,5-6,8-10H,1,4,7,11H2,2H3. The SMILES string of the molecule is C=CCOC(=O)c1cc(Cl)c(OCc2ccc(Cl)cc2Cl)c(OCC)c1. The molecule has 0 unspecified atom stereocenters. The first-order valence-corrected chi connectivity index (χ1v) is 8.90. The van der Waals surface area contributed by atoms with Crippen LogP contribution in [-0.4, -0.2) is 19.2 Å². The summed E-state index contributed by atoms with van der Waals surface area (Å²) in [4.78, 5) is 12.0. The zero-order chi connectivity index (χ0) is 19.1. The number of hydrogen-bond donors (Lipinski definition) is 0. The van der Waals surface area contributed by atoms with E-state index in [1.807, 2.05) is 6.92 Å². The Labute approximate surface area is 167 Å². The molecule has 26 heavy (non-hydrogen) atoms. The van der Waals surface area contributed by atoms with Crippen LogP contribution in [0, 0.1) is 0 Å². The third kappa shape index (κ3) is 5.31. The van der Waals surface area contributed by atoms with Crippen LogP contribution in [0.15, 0.2) is 43.0 Å². The molecule has 2 aromatic carbocycles. The van der Waals surface area contributed by atoms with Crippen LogP contribution in [-0.2, 0) is 11.3 Å². The quantitative estimate of drug-likeness (QED) is 0.394. The minimum Gasteiger partial charge on any atom is -0.490 e. The number of halogens is 3. The van der Waals surface area contributed by atoms with E-state index in [0.29, 0.717) is 28.2 Å². The van der Waals surface area contributed by atoms with E-state index in [9.17, 15) is 4.79 Å². The number of carbonyl (C=O) groups is 1. The van der Waals surface area contributed by atoms with Gasteiger partial charge in [-0.05, 0) is 31.2 Å². The van der Waals surface area contributed by atoms with Gasteiger partial charge in [0.25, 0.3) is 0 Å². The van der Waals surface area contributed by atoms with Gasteiger partial charge in [-0.2, -0.15) is 0 Å². The van der Waals surface area contributed by atoms with Gasteiger partial charge in [0.15, 0.2) is 11.5 Å². The Bertz CT molecular complexity index is 806. The summed E-state index contributed by atoms with van der Waals surface area (Å²) < 4.78 is 16.4. The topological polar surface area (TPSA) is 44.8 Å². The van der Waals surface area contributed by atoms with E-state index in [4.69, 9.17) is 49.0 Å². The van der Waals surface area contributed by atoms with Crippen LogP contribution in [0.25, 0.3) is 0 Å². The van der Waals surface area contributed by atoms with Crippen molar-refractivity contribution in [3.05, 3.63) is 69.2 Å². The Kier molecular flexibility index (Phi) is 7.64. The minimum absolute atomic E-state index is 0.105. The normalized spacial score (nSPS) is 10.3. The summed E-state index contributed by atoms with van der Waals surface area (Å²) in [5, 5.41) is 1.25. The van der Waals surface area contributed by atoms with Gasteiger partial charge < -0.3 is 14.2 Å². The van der Waals surface area contributed by atoms with Crippen molar-refractivity contribution in [2.45, 2.75) is 13.5 Å². The lowest BCUT2D eigenvalue weighted by Gasteiger charge is -2.15. The predicted molar refractivity (Wildman–Crippen MR) is 104 cm³/mol. The number of benzene rings is 2. The van der Waals surface area contributed by atoms with Gasteiger partial charge in [-0.25, -0.2) is 4.79 Å². The first kappa shape index (κ1) is 20.4. The lowest BCUT2D eigenvalue weighted by atomic mass is 10.2. The van der Waals surface area contributed by atoms with Crippen molar-refractivity contribution in [2.75, 3.05) is 13.2 Å². The average molecular weight is 416 g/mol. The molecule has 0 bridgehead atoms. The molecule has 0 spiro atoms. The van der Waals surface area contributed by atoms with Gasteiger partial charge in [-0.3, -0.25) is 0 Å². The van der Waals surface area contributed by atoms with E-state index >= 15 is 0 Å². The summed E-state index contributed by atoms with van der Waals surface area (Å²) in [6.07, 6.45) is 1.48. The number of rotatable bonds is 8. The lowest BCUT2D eigenvalue weighted by Crippen LogP contribution is -2.07. The highest BCUT2D eigenvalue weighted by atomic mass is 35.5. The van der Waals surface area contributed by atoms with E-state index in [1.54, 1.807) is 18.2 Å². The highest BCUT2D eigenvalue weighted by Gasteiger charge is 2.17. The van der Waals surface area contributed by atoms with Crippen molar-refractivity contribution >= 4 is 40.8 Å². The first-order valence-electron chi connectivity index (χ1n) is 7.77. The summed E-state index contributed by atoms with van der Waals surface area (Å²) in [6.45, 7) is 5.96. The van der Waals surface area contributed by atoms with Gasteiger partial charge in [0, 0.05) is 15.6 Å². The van der Waals surface area contributed by atoms with Crippen molar-refractivity contribution in [3.63, 3.8) is 0 Å². The molecule has 0 saturated carbocycles. The maximum absolute atomic E-state index is 12.0. The first-order chi connectivity index (χ1) is 12.5. The molecule has 0 saturated heterocycles. The van der Waals surface area contributed by atoms with Crippen LogP contribution in [0.1, 0.15) is 22.8 Å². The predicted octanol–water partition coefficient (Wildman–Crippen LogP) is 5.97. The van der Waals surface area contributed by atoms with Crippen LogP contribution in [0.4, 0.5) is 0 Å². The molecule has 4 nitrogen and oxygen atoms in total. The number of hydrogen-bond acceptors (Lipinski definition) is 4. The third-order valence-electron chi connectivity index (χ3n) is 3.26. The van der Waals surface area contributed by atoms with Gasteiger partial charge in [-0.15, -0.1) is 0 Å². The smallest absolute Gasteiger partial charge is 0.338 e. The largest absolute Gasteiger partial charge is 0.490 e. The van der Waals surface area contributed by atoms with Crippen LogP contribution >= 0.6 is 34.8 Å². The van der Waals surface area contributed by atoms with Crippen molar-refractivity contribution in [3.8, 4) is 11.5 Å². The number of carbonyl (C=O) groups excluding carboxylic acids is 1. The maximum Gasteiger partial charge on any atom is 0.338 e. The van der Waals surface area contributed by atoms with Crippen LogP contribution in [0.2, 0.25) is 15.1 Å². The fraction of sp³-hybridized carbons (Fsp3) is 0.211. The second-order valence-electron chi connectivity index (χ2n) is 5.13. The maximum atomic E-state index is 12.0. The van der Waals surface area contributed by atoms with Crippen molar-refractivity contribution in [1.29, 1.82) is 0 Å². The Morgan fingerprint density at radius 3 is 2.54 bits per heavy atom. The molecule has 7 heteroatoms. The molecule has 0 radical (unpaired) electrons. The third-order valence-corrected chi connectivity index (χ3v) is 4.13. The minimum atomic E-state index is -0.528. The monoisotopic (exact) mass is 414 g/mol. The Balaban J connectivity index is 2.26. The fourth-order valence-electron chi connectivity index (χ4n) is 2.10. The molecular formula is C19H17Cl3O4. The Hall–Kier alpha value is -1.88. The molecule has 2 rings (SSSR count). The molecule has 0 aliphatic rings. The molecular weight excluding hydrogens is 399 g/mol. The summed E-state index contributed by atoms with van der Waals surface area (Å²) in [5.41, 5.74) is 1.00. The van der Waals surface area contributed by atoms with E-state index in [1.165, 1.54) is 18.2 Å². The van der Waals surface area contributed by atoms with Gasteiger partial charge >= 0.3 is 5.97 Å². The van der Waals surface area contributed by atoms with Crippen molar-refractivity contribution in [2.24, 2.45) is 0 Å². The van der Waals surface area contributed by atoms with E-state index < -0.39 is 5.97 Å². The molecule has 0 aliphatic heterocycles. The van der Waals surface area contributed by atoms with Gasteiger partial charge in [0.1, 0.15) is 13.2 Å². The van der Waals surface area contributed by atoms with Crippen molar-refractivity contribution < 1.29 is 19.0 Å². The Morgan fingerprint density at radius 1 is 1.12 bits per heavy atom. The van der Waals surface area contributed by atoms with Gasteiger partial charge in [0.05, 0.1) is 17.2 Å². The number of ether oxygens (including phenoxy) is 3. The molecule has 0 heterocycles. The second-order valence-corrected chi connectivity index (χ2v) is 6.38. The molecule has 0 aliphatic carbocycles. The lowest BCUT2D eigenvalue weighted by molar-refractivity contribution is 0.0549. The summed E-state index contributed by atoms with van der Waals surface area (Å²) in [5.74, 6) is 0.135. The summed E-state index contributed by atoms with van der Waals surface area (Å²) in [6, 6.07) is 8.11. The molecule has 0 N–H and O–H groups in total. The molecule has 138 valence electrons. The average Bonchev–Trinajstić information content (AvgIpc) is 2.60. The fourth-order valence-corrected chi connectivity index (χ4v) is 2.82. The summed E-state index contributed by atoms with van der Waals surface area (Å²) in [7, 11) is 0. The van der Waals surface area contributed by atoms with E-state index in [0.717, 1.165) is 5.56 Å². The van der Waals surface area contributed by atoms with E-state index in [-0.39, 0.29) is 23.8 Å². The zero-order valence-corrected chi connectivity index (χ0v) is 16.3. The van der Waals surface area contributed by atoms with Gasteiger partial charge in [-0.1, -0.05) is 53.5 Å². The highest BCUT2D eigenvalue weighted by Crippen LogP contribution is 2.38. The van der Waals surface area contributed by atoms with Crippen molar-refractivity contribution in [1.82, 2.24) is 0 Å². The Morgan fingerprint density at radius 2 is 1.88 bits per heavy atom. The van der Waals surface area contributed by atoms with Crippen LogP contribution < -0.4 is 9.47 Å². The van der Waals surface area contributed by atoms with Gasteiger partial charge in [0.2, 0.25) is 0 Å². The van der Waals surface area contributed by atoms with Crippen LogP contribution in [0.5, 0.6) is 11.5 Å².